The van der Waals surface area contributed by atoms with Crippen molar-refractivity contribution < 1.29 is 19.0 Å². The predicted molar refractivity (Wildman–Crippen MR) is 43.1 cm³/mol. The maximum absolute atomic E-state index is 10.5. The van der Waals surface area contributed by atoms with Crippen LogP contribution in [-0.4, -0.2) is 46.7 Å². The number of carbonyl (C=O) groups excluding carboxylic acids is 1. The minimum atomic E-state index is -0.439. The monoisotopic (exact) mass is 177 g/mol. The normalized spacial score (nSPS) is 9.50. The van der Waals surface area contributed by atoms with E-state index in [1.165, 1.54) is 7.11 Å². The molecule has 0 aliphatic rings. The lowest BCUT2D eigenvalue weighted by atomic mass is 10.7. The van der Waals surface area contributed by atoms with Crippen LogP contribution in [0.15, 0.2) is 0 Å². The van der Waals surface area contributed by atoms with Gasteiger partial charge < -0.3 is 19.5 Å². The van der Waals surface area contributed by atoms with E-state index in [1.54, 1.807) is 7.11 Å². The highest BCUT2D eigenvalue weighted by molar-refractivity contribution is 5.66. The molecular formula is C7H15NO4. The van der Waals surface area contributed by atoms with Crippen molar-refractivity contribution in [1.29, 1.82) is 0 Å². The quantitative estimate of drug-likeness (QED) is 0.580. The molecule has 0 aromatic heterocycles. The summed E-state index contributed by atoms with van der Waals surface area (Å²) in [5, 5.41) is 2.48. The lowest BCUT2D eigenvalue weighted by Crippen LogP contribution is -2.27. The molecule has 1 amide bonds. The molecule has 72 valence electrons. The van der Waals surface area contributed by atoms with E-state index in [1.807, 2.05) is 0 Å². The van der Waals surface area contributed by atoms with Crippen molar-refractivity contribution in [2.45, 2.75) is 0 Å². The molecule has 0 heterocycles. The molecular weight excluding hydrogens is 162 g/mol. The SMILES string of the molecule is COCCOCCNC(=O)OC. The number of nitrogens with one attached hydrogen (secondary N) is 1. The fourth-order valence-electron chi connectivity index (χ4n) is 0.542. The Morgan fingerprint density at radius 1 is 1.25 bits per heavy atom. The second-order valence-electron chi connectivity index (χ2n) is 2.02. The van der Waals surface area contributed by atoms with Crippen LogP contribution in [0.1, 0.15) is 0 Å². The van der Waals surface area contributed by atoms with Crippen LogP contribution in [0.4, 0.5) is 4.79 Å². The fraction of sp³-hybridized carbons (Fsp3) is 0.857. The summed E-state index contributed by atoms with van der Waals surface area (Å²) in [5.41, 5.74) is 0. The molecule has 5 nitrogen and oxygen atoms in total. The van der Waals surface area contributed by atoms with E-state index in [2.05, 4.69) is 10.1 Å². The van der Waals surface area contributed by atoms with Crippen LogP contribution in [0.5, 0.6) is 0 Å². The Balaban J connectivity index is 2.95. The van der Waals surface area contributed by atoms with Crippen molar-refractivity contribution in [1.82, 2.24) is 5.32 Å². The van der Waals surface area contributed by atoms with Crippen LogP contribution in [0.25, 0.3) is 0 Å². The molecule has 0 aromatic carbocycles. The van der Waals surface area contributed by atoms with Crippen molar-refractivity contribution in [2.24, 2.45) is 0 Å². The number of carbonyl (C=O) groups is 1. The van der Waals surface area contributed by atoms with Crippen molar-refractivity contribution in [3.63, 3.8) is 0 Å². The summed E-state index contributed by atoms with van der Waals surface area (Å²) in [6, 6.07) is 0. The number of rotatable bonds is 6. The Morgan fingerprint density at radius 3 is 2.58 bits per heavy atom. The molecule has 0 spiro atoms. The predicted octanol–water partition coefficient (Wildman–Crippen LogP) is 0.00540. The average Bonchev–Trinajstić information content (AvgIpc) is 2.10. The summed E-state index contributed by atoms with van der Waals surface area (Å²) >= 11 is 0. The van der Waals surface area contributed by atoms with Gasteiger partial charge in [-0.25, -0.2) is 4.79 Å². The van der Waals surface area contributed by atoms with Gasteiger partial charge in [-0.2, -0.15) is 0 Å². The Bertz CT molecular complexity index is 118. The second-order valence-corrected chi connectivity index (χ2v) is 2.02. The molecule has 0 saturated heterocycles. The van der Waals surface area contributed by atoms with Gasteiger partial charge in [0, 0.05) is 13.7 Å². The van der Waals surface area contributed by atoms with Gasteiger partial charge in [0.2, 0.25) is 0 Å². The molecule has 1 N–H and O–H groups in total. The van der Waals surface area contributed by atoms with Gasteiger partial charge >= 0.3 is 6.09 Å². The first-order chi connectivity index (χ1) is 5.81. The number of amides is 1. The Labute approximate surface area is 72.0 Å². The first kappa shape index (κ1) is 11.2. The Kier molecular flexibility index (Phi) is 7.73. The number of methoxy groups -OCH3 is 2. The van der Waals surface area contributed by atoms with Crippen molar-refractivity contribution >= 4 is 6.09 Å². The largest absolute Gasteiger partial charge is 0.453 e. The summed E-state index contributed by atoms with van der Waals surface area (Å²) in [6.07, 6.45) is -0.439. The van der Waals surface area contributed by atoms with Crippen LogP contribution in [0, 0.1) is 0 Å². The molecule has 0 fully saturated rings. The van der Waals surface area contributed by atoms with Crippen LogP contribution in [-0.2, 0) is 14.2 Å². The smallest absolute Gasteiger partial charge is 0.406 e. The van der Waals surface area contributed by atoms with Gasteiger partial charge in [0.05, 0.1) is 26.9 Å². The summed E-state index contributed by atoms with van der Waals surface area (Å²) in [7, 11) is 2.93. The van der Waals surface area contributed by atoms with E-state index in [9.17, 15) is 4.79 Å². The van der Waals surface area contributed by atoms with E-state index in [0.717, 1.165) is 0 Å². The molecule has 0 aromatic rings. The highest BCUT2D eigenvalue weighted by Crippen LogP contribution is 1.75. The van der Waals surface area contributed by atoms with Crippen molar-refractivity contribution in [3.8, 4) is 0 Å². The van der Waals surface area contributed by atoms with E-state index in [0.29, 0.717) is 26.4 Å². The fourth-order valence-corrected chi connectivity index (χ4v) is 0.542. The molecule has 0 saturated carbocycles. The lowest BCUT2D eigenvalue weighted by molar-refractivity contribution is 0.0713. The van der Waals surface area contributed by atoms with E-state index < -0.39 is 6.09 Å². The van der Waals surface area contributed by atoms with Crippen LogP contribution in [0.2, 0.25) is 0 Å². The summed E-state index contributed by atoms with van der Waals surface area (Å²) in [5.74, 6) is 0. The summed E-state index contributed by atoms with van der Waals surface area (Å²) < 4.78 is 14.2. The topological polar surface area (TPSA) is 56.8 Å². The number of alkyl carbamates (subject to hydrolysis) is 1. The van der Waals surface area contributed by atoms with Gasteiger partial charge in [0.1, 0.15) is 0 Å². The number of hydrogen-bond acceptors (Lipinski definition) is 4. The third-order valence-electron chi connectivity index (χ3n) is 1.13. The number of ether oxygens (including phenoxy) is 3. The molecule has 0 bridgehead atoms. The first-order valence-electron chi connectivity index (χ1n) is 3.69. The van der Waals surface area contributed by atoms with E-state index >= 15 is 0 Å². The van der Waals surface area contributed by atoms with Gasteiger partial charge in [0.15, 0.2) is 0 Å². The molecule has 0 aliphatic carbocycles. The van der Waals surface area contributed by atoms with Gasteiger partial charge in [-0.1, -0.05) is 0 Å². The van der Waals surface area contributed by atoms with Gasteiger partial charge in [-0.3, -0.25) is 0 Å². The number of hydrogen-bond donors (Lipinski definition) is 1. The highest BCUT2D eigenvalue weighted by Gasteiger charge is 1.95. The van der Waals surface area contributed by atoms with E-state index in [4.69, 9.17) is 9.47 Å². The zero-order valence-electron chi connectivity index (χ0n) is 7.46. The Hall–Kier alpha value is -0.810. The van der Waals surface area contributed by atoms with Crippen LogP contribution < -0.4 is 5.32 Å². The van der Waals surface area contributed by atoms with Crippen LogP contribution in [0.3, 0.4) is 0 Å². The van der Waals surface area contributed by atoms with E-state index in [-0.39, 0.29) is 0 Å². The molecule has 5 heteroatoms. The van der Waals surface area contributed by atoms with Gasteiger partial charge in [0.25, 0.3) is 0 Å². The van der Waals surface area contributed by atoms with Gasteiger partial charge in [-0.15, -0.1) is 0 Å². The lowest BCUT2D eigenvalue weighted by Gasteiger charge is -2.04. The summed E-state index contributed by atoms with van der Waals surface area (Å²) in [6.45, 7) is 2.03. The zero-order valence-corrected chi connectivity index (χ0v) is 7.46. The second kappa shape index (κ2) is 8.29. The molecule has 0 radical (unpaired) electrons. The molecule has 12 heavy (non-hydrogen) atoms. The summed E-state index contributed by atoms with van der Waals surface area (Å²) in [4.78, 5) is 10.5. The Morgan fingerprint density at radius 2 is 2.00 bits per heavy atom. The molecule has 0 atom stereocenters. The third kappa shape index (κ3) is 7.30. The maximum Gasteiger partial charge on any atom is 0.406 e. The molecule has 0 rings (SSSR count). The minimum Gasteiger partial charge on any atom is -0.453 e. The third-order valence-corrected chi connectivity index (χ3v) is 1.13. The molecule has 0 unspecified atom stereocenters. The average molecular weight is 177 g/mol. The first-order valence-corrected chi connectivity index (χ1v) is 3.69. The van der Waals surface area contributed by atoms with Crippen LogP contribution >= 0.6 is 0 Å². The zero-order chi connectivity index (χ0) is 9.23. The van der Waals surface area contributed by atoms with Crippen molar-refractivity contribution in [3.05, 3.63) is 0 Å². The van der Waals surface area contributed by atoms with Crippen molar-refractivity contribution in [2.75, 3.05) is 40.6 Å². The maximum atomic E-state index is 10.5. The van der Waals surface area contributed by atoms with Gasteiger partial charge in [-0.05, 0) is 0 Å². The molecule has 0 aliphatic heterocycles. The highest BCUT2D eigenvalue weighted by atomic mass is 16.5. The minimum absolute atomic E-state index is 0.439. The standard InChI is InChI=1S/C7H15NO4/c1-10-5-6-12-4-3-8-7(9)11-2/h3-6H2,1-2H3,(H,8,9).